The zero-order valence-electron chi connectivity index (χ0n) is 7.79. The van der Waals surface area contributed by atoms with E-state index in [-0.39, 0.29) is 11.9 Å². The van der Waals surface area contributed by atoms with E-state index in [1.165, 1.54) is 6.08 Å². The molecule has 0 heterocycles. The molecule has 0 saturated carbocycles. The fourth-order valence-corrected chi connectivity index (χ4v) is 0.764. The van der Waals surface area contributed by atoms with Crippen LogP contribution in [0, 0.1) is 0 Å². The Kier molecular flexibility index (Phi) is 6.59. The number of unbranched alkanes of at least 4 members (excludes halogenated alkanes) is 1. The monoisotopic (exact) mass is 185 g/mol. The molecule has 0 saturated heterocycles. The quantitative estimate of drug-likeness (QED) is 0.377. The van der Waals surface area contributed by atoms with E-state index in [0.717, 1.165) is 0 Å². The molecule has 0 fully saturated rings. The highest BCUT2D eigenvalue weighted by molar-refractivity contribution is 5.81. The third-order valence-electron chi connectivity index (χ3n) is 1.33. The van der Waals surface area contributed by atoms with E-state index in [1.807, 2.05) is 0 Å². The van der Waals surface area contributed by atoms with Gasteiger partial charge in [-0.1, -0.05) is 6.08 Å². The summed E-state index contributed by atoms with van der Waals surface area (Å²) in [7, 11) is 0. The normalized spacial score (nSPS) is 10.2. The number of hydrogen-bond donors (Lipinski definition) is 1. The molecular weight excluding hydrogens is 170 g/mol. The molecule has 0 rings (SSSR count). The van der Waals surface area contributed by atoms with Crippen LogP contribution in [0.4, 0.5) is 0 Å². The number of carbonyl (C=O) groups is 2. The smallest absolute Gasteiger partial charge is 0.330 e. The second-order valence-corrected chi connectivity index (χ2v) is 2.51. The zero-order valence-corrected chi connectivity index (χ0v) is 7.79. The van der Waals surface area contributed by atoms with Crippen LogP contribution in [0.1, 0.15) is 26.2 Å². The minimum absolute atomic E-state index is 0.315. The van der Waals surface area contributed by atoms with Gasteiger partial charge in [0.1, 0.15) is 0 Å². The Morgan fingerprint density at radius 3 is 2.69 bits per heavy atom. The van der Waals surface area contributed by atoms with Gasteiger partial charge in [-0.3, -0.25) is 4.79 Å². The van der Waals surface area contributed by atoms with E-state index in [9.17, 15) is 9.59 Å². The Morgan fingerprint density at radius 2 is 2.15 bits per heavy atom. The van der Waals surface area contributed by atoms with E-state index in [0.29, 0.717) is 25.9 Å². The van der Waals surface area contributed by atoms with E-state index in [2.05, 4.69) is 4.74 Å². The van der Waals surface area contributed by atoms with Crippen LogP contribution in [-0.2, 0) is 14.3 Å². The molecule has 0 aromatic carbocycles. The first-order valence-corrected chi connectivity index (χ1v) is 4.28. The molecule has 0 radical (unpaired) electrons. The summed E-state index contributed by atoms with van der Waals surface area (Å²) >= 11 is 0. The van der Waals surface area contributed by atoms with Crippen molar-refractivity contribution in [2.75, 3.05) is 6.61 Å². The summed E-state index contributed by atoms with van der Waals surface area (Å²) in [6, 6.07) is 0. The van der Waals surface area contributed by atoms with Gasteiger partial charge in [-0.2, -0.15) is 0 Å². The highest BCUT2D eigenvalue weighted by Gasteiger charge is 1.94. The number of nitrogens with two attached hydrogens (primary N) is 1. The van der Waals surface area contributed by atoms with Crippen LogP contribution in [0.5, 0.6) is 0 Å². The Morgan fingerprint density at radius 1 is 1.46 bits per heavy atom. The van der Waals surface area contributed by atoms with Gasteiger partial charge in [-0.25, -0.2) is 4.79 Å². The molecule has 4 heteroatoms. The summed E-state index contributed by atoms with van der Waals surface area (Å²) in [4.78, 5) is 21.0. The molecule has 0 aromatic rings. The van der Waals surface area contributed by atoms with Gasteiger partial charge in [-0.05, 0) is 19.8 Å². The van der Waals surface area contributed by atoms with Crippen molar-refractivity contribution in [3.63, 3.8) is 0 Å². The molecule has 0 atom stereocenters. The van der Waals surface area contributed by atoms with Gasteiger partial charge in [0.15, 0.2) is 0 Å². The maximum absolute atomic E-state index is 10.7. The van der Waals surface area contributed by atoms with Crippen LogP contribution in [0.2, 0.25) is 0 Å². The first-order valence-electron chi connectivity index (χ1n) is 4.28. The van der Waals surface area contributed by atoms with Gasteiger partial charge in [0, 0.05) is 12.5 Å². The average molecular weight is 185 g/mol. The summed E-state index contributed by atoms with van der Waals surface area (Å²) in [5.41, 5.74) is 4.93. The molecule has 0 aliphatic rings. The van der Waals surface area contributed by atoms with E-state index in [4.69, 9.17) is 5.73 Å². The Hall–Kier alpha value is -1.32. The average Bonchev–Trinajstić information content (AvgIpc) is 2.03. The molecule has 0 unspecified atom stereocenters. The van der Waals surface area contributed by atoms with Crippen molar-refractivity contribution < 1.29 is 14.3 Å². The first kappa shape index (κ1) is 11.7. The lowest BCUT2D eigenvalue weighted by Gasteiger charge is -1.94. The lowest BCUT2D eigenvalue weighted by Crippen LogP contribution is -2.09. The topological polar surface area (TPSA) is 69.4 Å². The van der Waals surface area contributed by atoms with Gasteiger partial charge < -0.3 is 10.5 Å². The molecule has 13 heavy (non-hydrogen) atoms. The van der Waals surface area contributed by atoms with Crippen molar-refractivity contribution >= 4 is 11.9 Å². The van der Waals surface area contributed by atoms with Crippen molar-refractivity contribution in [2.45, 2.75) is 26.2 Å². The Balaban J connectivity index is 3.40. The van der Waals surface area contributed by atoms with Crippen molar-refractivity contribution in [3.05, 3.63) is 12.2 Å². The van der Waals surface area contributed by atoms with Crippen LogP contribution in [0.3, 0.4) is 0 Å². The van der Waals surface area contributed by atoms with Crippen LogP contribution >= 0.6 is 0 Å². The van der Waals surface area contributed by atoms with Gasteiger partial charge in [0.2, 0.25) is 5.91 Å². The van der Waals surface area contributed by atoms with E-state index in [1.54, 1.807) is 13.0 Å². The molecule has 0 bridgehead atoms. The number of allylic oxidation sites excluding steroid dienone is 1. The predicted molar refractivity (Wildman–Crippen MR) is 48.8 cm³/mol. The summed E-state index contributed by atoms with van der Waals surface area (Å²) in [5.74, 6) is -0.661. The van der Waals surface area contributed by atoms with Crippen LogP contribution in [0.15, 0.2) is 12.2 Å². The van der Waals surface area contributed by atoms with Gasteiger partial charge in [0.05, 0.1) is 6.61 Å². The zero-order chi connectivity index (χ0) is 10.1. The minimum Gasteiger partial charge on any atom is -0.463 e. The molecule has 1 amide bonds. The first-order chi connectivity index (χ1) is 6.16. The molecule has 74 valence electrons. The number of ether oxygens (including phenoxy) is 1. The van der Waals surface area contributed by atoms with Crippen LogP contribution < -0.4 is 5.73 Å². The van der Waals surface area contributed by atoms with Gasteiger partial charge in [0.25, 0.3) is 0 Å². The lowest BCUT2D eigenvalue weighted by atomic mass is 10.2. The third kappa shape index (κ3) is 8.59. The Bertz CT molecular complexity index is 199. The van der Waals surface area contributed by atoms with E-state index >= 15 is 0 Å². The highest BCUT2D eigenvalue weighted by atomic mass is 16.5. The SMILES string of the molecule is CCOC(=O)C=CCCCC(N)=O. The van der Waals surface area contributed by atoms with Crippen molar-refractivity contribution in [3.8, 4) is 0 Å². The second kappa shape index (κ2) is 7.34. The maximum atomic E-state index is 10.7. The summed E-state index contributed by atoms with van der Waals surface area (Å²) in [6.07, 6.45) is 4.74. The number of esters is 1. The van der Waals surface area contributed by atoms with Crippen molar-refractivity contribution in [1.82, 2.24) is 0 Å². The molecular formula is C9H15NO3. The van der Waals surface area contributed by atoms with Gasteiger partial charge in [-0.15, -0.1) is 0 Å². The largest absolute Gasteiger partial charge is 0.463 e. The summed E-state index contributed by atoms with van der Waals surface area (Å²) in [6.45, 7) is 2.13. The van der Waals surface area contributed by atoms with Crippen LogP contribution in [0.25, 0.3) is 0 Å². The highest BCUT2D eigenvalue weighted by Crippen LogP contribution is 1.95. The molecule has 4 nitrogen and oxygen atoms in total. The standard InChI is InChI=1S/C9H15NO3/c1-2-13-9(12)7-5-3-4-6-8(10)11/h5,7H,2-4,6H2,1H3,(H2,10,11). The number of amides is 1. The lowest BCUT2D eigenvalue weighted by molar-refractivity contribution is -0.137. The molecule has 0 aromatic heterocycles. The molecule has 0 aliphatic heterocycles. The van der Waals surface area contributed by atoms with Crippen molar-refractivity contribution in [2.24, 2.45) is 5.73 Å². The third-order valence-corrected chi connectivity index (χ3v) is 1.33. The molecule has 2 N–H and O–H groups in total. The van der Waals surface area contributed by atoms with E-state index < -0.39 is 0 Å². The number of primary amides is 1. The predicted octanol–water partition coefficient (Wildman–Crippen LogP) is 0.761. The maximum Gasteiger partial charge on any atom is 0.330 e. The summed E-state index contributed by atoms with van der Waals surface area (Å²) < 4.78 is 4.65. The molecule has 0 aliphatic carbocycles. The molecule has 0 spiro atoms. The number of carbonyl (C=O) groups excluding carboxylic acids is 2. The fourth-order valence-electron chi connectivity index (χ4n) is 0.764. The number of rotatable bonds is 6. The van der Waals surface area contributed by atoms with Crippen molar-refractivity contribution in [1.29, 1.82) is 0 Å². The number of hydrogen-bond acceptors (Lipinski definition) is 3. The van der Waals surface area contributed by atoms with Gasteiger partial charge >= 0.3 is 5.97 Å². The summed E-state index contributed by atoms with van der Waals surface area (Å²) in [5, 5.41) is 0. The van der Waals surface area contributed by atoms with Crippen LogP contribution in [-0.4, -0.2) is 18.5 Å². The fraction of sp³-hybridized carbons (Fsp3) is 0.556. The second-order valence-electron chi connectivity index (χ2n) is 2.51. The minimum atomic E-state index is -0.346. The Labute approximate surface area is 77.7 Å².